The van der Waals surface area contributed by atoms with E-state index >= 15 is 0 Å². The average molecular weight is 411 g/mol. The molecule has 1 heterocycles. The summed E-state index contributed by atoms with van der Waals surface area (Å²) >= 11 is 0. The van der Waals surface area contributed by atoms with E-state index in [2.05, 4.69) is 11.4 Å². The number of benzene rings is 2. The molecule has 1 N–H and O–H groups in total. The number of methoxy groups -OCH3 is 1. The van der Waals surface area contributed by atoms with Gasteiger partial charge in [-0.05, 0) is 74.6 Å². The third kappa shape index (κ3) is 5.12. The Balaban J connectivity index is 1.47. The summed E-state index contributed by atoms with van der Waals surface area (Å²) in [7, 11) is 1.60. The molecule has 3 rings (SSSR count). The van der Waals surface area contributed by atoms with Crippen LogP contribution in [-0.2, 0) is 4.79 Å². The van der Waals surface area contributed by atoms with Crippen molar-refractivity contribution in [2.45, 2.75) is 39.7 Å². The standard InChI is InChI=1S/C24H30N2O4/c1-16-5-6-17(2)23(18(16)3)30-15-22(27)26-13-11-20(12-14-26)25-24(28)19-7-9-21(29-4)10-8-19/h5-10,20H,11-15H2,1-4H3,(H,25,28). The predicted octanol–water partition coefficient (Wildman–Crippen LogP) is 3.42. The number of likely N-dealkylation sites (tertiary alicyclic amines) is 1. The Morgan fingerprint density at radius 1 is 1.00 bits per heavy atom. The number of hydrogen-bond acceptors (Lipinski definition) is 4. The largest absolute Gasteiger partial charge is 0.497 e. The van der Waals surface area contributed by atoms with Crippen LogP contribution in [0.4, 0.5) is 0 Å². The summed E-state index contributed by atoms with van der Waals surface area (Å²) in [6.07, 6.45) is 1.46. The summed E-state index contributed by atoms with van der Waals surface area (Å²) in [5.41, 5.74) is 3.86. The number of ether oxygens (including phenoxy) is 2. The third-order valence-corrected chi connectivity index (χ3v) is 5.75. The van der Waals surface area contributed by atoms with Crippen molar-refractivity contribution in [1.82, 2.24) is 10.2 Å². The van der Waals surface area contributed by atoms with Crippen molar-refractivity contribution in [3.05, 3.63) is 58.7 Å². The van der Waals surface area contributed by atoms with Gasteiger partial charge < -0.3 is 19.7 Å². The van der Waals surface area contributed by atoms with Crippen LogP contribution in [0.25, 0.3) is 0 Å². The minimum Gasteiger partial charge on any atom is -0.497 e. The molecule has 1 aliphatic heterocycles. The van der Waals surface area contributed by atoms with E-state index in [4.69, 9.17) is 9.47 Å². The number of carbonyl (C=O) groups excluding carboxylic acids is 2. The van der Waals surface area contributed by atoms with Crippen LogP contribution in [0.15, 0.2) is 36.4 Å². The minimum absolute atomic E-state index is 0.0183. The quantitative estimate of drug-likeness (QED) is 0.792. The van der Waals surface area contributed by atoms with Crippen LogP contribution >= 0.6 is 0 Å². The van der Waals surface area contributed by atoms with Crippen molar-refractivity contribution in [3.8, 4) is 11.5 Å². The molecule has 0 radical (unpaired) electrons. The first-order chi connectivity index (χ1) is 14.4. The van der Waals surface area contributed by atoms with Crippen LogP contribution in [0.1, 0.15) is 39.9 Å². The monoisotopic (exact) mass is 410 g/mol. The minimum atomic E-state index is -0.101. The van der Waals surface area contributed by atoms with Gasteiger partial charge in [0, 0.05) is 24.7 Å². The second kappa shape index (κ2) is 9.65. The number of hydrogen-bond donors (Lipinski definition) is 1. The maximum absolute atomic E-state index is 12.6. The molecule has 6 heteroatoms. The highest BCUT2D eigenvalue weighted by atomic mass is 16.5. The summed E-state index contributed by atoms with van der Waals surface area (Å²) < 4.78 is 11.0. The fourth-order valence-corrected chi connectivity index (χ4v) is 3.66. The first-order valence-corrected chi connectivity index (χ1v) is 10.3. The number of aryl methyl sites for hydroxylation is 2. The van der Waals surface area contributed by atoms with Gasteiger partial charge in [0.15, 0.2) is 6.61 Å². The van der Waals surface area contributed by atoms with E-state index in [1.807, 2.05) is 31.7 Å². The molecule has 0 atom stereocenters. The number of piperidine rings is 1. The first-order valence-electron chi connectivity index (χ1n) is 10.3. The Morgan fingerprint density at radius 2 is 1.63 bits per heavy atom. The van der Waals surface area contributed by atoms with Gasteiger partial charge in [-0.2, -0.15) is 0 Å². The Morgan fingerprint density at radius 3 is 2.27 bits per heavy atom. The second-order valence-electron chi connectivity index (χ2n) is 7.80. The summed E-state index contributed by atoms with van der Waals surface area (Å²) in [6.45, 7) is 7.30. The molecule has 2 aromatic rings. The summed E-state index contributed by atoms with van der Waals surface area (Å²) in [6, 6.07) is 11.2. The zero-order valence-electron chi connectivity index (χ0n) is 18.2. The van der Waals surface area contributed by atoms with Crippen LogP contribution in [0.2, 0.25) is 0 Å². The molecule has 2 amide bonds. The molecule has 2 aromatic carbocycles. The second-order valence-corrected chi connectivity index (χ2v) is 7.80. The lowest BCUT2D eigenvalue weighted by molar-refractivity contribution is -0.134. The SMILES string of the molecule is COc1ccc(C(=O)NC2CCN(C(=O)COc3c(C)ccc(C)c3C)CC2)cc1. The van der Waals surface area contributed by atoms with Gasteiger partial charge in [-0.25, -0.2) is 0 Å². The molecule has 30 heavy (non-hydrogen) atoms. The number of nitrogens with one attached hydrogen (secondary N) is 1. The van der Waals surface area contributed by atoms with Crippen LogP contribution in [-0.4, -0.2) is 49.6 Å². The topological polar surface area (TPSA) is 67.9 Å². The van der Waals surface area contributed by atoms with Crippen molar-refractivity contribution in [3.63, 3.8) is 0 Å². The first kappa shape index (κ1) is 21.7. The van der Waals surface area contributed by atoms with Crippen molar-refractivity contribution in [2.75, 3.05) is 26.8 Å². The Bertz CT molecular complexity index is 900. The molecule has 0 aliphatic carbocycles. The maximum atomic E-state index is 12.6. The number of nitrogens with zero attached hydrogens (tertiary/aromatic N) is 1. The lowest BCUT2D eigenvalue weighted by Gasteiger charge is -2.32. The number of amides is 2. The zero-order chi connectivity index (χ0) is 21.7. The van der Waals surface area contributed by atoms with Gasteiger partial charge in [0.25, 0.3) is 11.8 Å². The summed E-state index contributed by atoms with van der Waals surface area (Å²) in [5.74, 6) is 1.40. The molecule has 0 unspecified atom stereocenters. The lowest BCUT2D eigenvalue weighted by Crippen LogP contribution is -2.47. The lowest BCUT2D eigenvalue weighted by atomic mass is 10.0. The van der Waals surface area contributed by atoms with E-state index in [1.165, 1.54) is 0 Å². The van der Waals surface area contributed by atoms with Crippen molar-refractivity contribution < 1.29 is 19.1 Å². The van der Waals surface area contributed by atoms with E-state index in [9.17, 15) is 9.59 Å². The number of carbonyl (C=O) groups is 2. The van der Waals surface area contributed by atoms with Gasteiger partial charge in [-0.15, -0.1) is 0 Å². The van der Waals surface area contributed by atoms with Gasteiger partial charge in [-0.1, -0.05) is 12.1 Å². The third-order valence-electron chi connectivity index (χ3n) is 5.75. The molecule has 0 bridgehead atoms. The van der Waals surface area contributed by atoms with E-state index < -0.39 is 0 Å². The van der Waals surface area contributed by atoms with E-state index in [0.717, 1.165) is 41.0 Å². The fraction of sp³-hybridized carbons (Fsp3) is 0.417. The highest BCUT2D eigenvalue weighted by Crippen LogP contribution is 2.25. The van der Waals surface area contributed by atoms with Crippen LogP contribution in [0.5, 0.6) is 11.5 Å². The number of rotatable bonds is 6. The van der Waals surface area contributed by atoms with Crippen LogP contribution in [0.3, 0.4) is 0 Å². The predicted molar refractivity (Wildman–Crippen MR) is 116 cm³/mol. The molecular formula is C24H30N2O4. The molecule has 160 valence electrons. The van der Waals surface area contributed by atoms with Gasteiger partial charge >= 0.3 is 0 Å². The Kier molecular flexibility index (Phi) is 6.98. The Labute approximate surface area is 178 Å². The van der Waals surface area contributed by atoms with Crippen LogP contribution in [0, 0.1) is 20.8 Å². The van der Waals surface area contributed by atoms with Gasteiger partial charge in [0.05, 0.1) is 7.11 Å². The normalized spacial score (nSPS) is 14.3. The van der Waals surface area contributed by atoms with Crippen molar-refractivity contribution >= 4 is 11.8 Å². The smallest absolute Gasteiger partial charge is 0.260 e. The van der Waals surface area contributed by atoms with Crippen LogP contribution < -0.4 is 14.8 Å². The van der Waals surface area contributed by atoms with Gasteiger partial charge in [-0.3, -0.25) is 9.59 Å². The van der Waals surface area contributed by atoms with E-state index in [-0.39, 0.29) is 24.5 Å². The fourth-order valence-electron chi connectivity index (χ4n) is 3.66. The molecular weight excluding hydrogens is 380 g/mol. The van der Waals surface area contributed by atoms with Gasteiger partial charge in [0.2, 0.25) is 0 Å². The molecule has 0 spiro atoms. The average Bonchev–Trinajstić information content (AvgIpc) is 2.76. The Hall–Kier alpha value is -3.02. The molecule has 0 saturated carbocycles. The zero-order valence-corrected chi connectivity index (χ0v) is 18.2. The summed E-state index contributed by atoms with van der Waals surface area (Å²) in [5, 5.41) is 3.06. The molecule has 1 aliphatic rings. The molecule has 0 aromatic heterocycles. The highest BCUT2D eigenvalue weighted by Gasteiger charge is 2.24. The maximum Gasteiger partial charge on any atom is 0.260 e. The molecule has 1 saturated heterocycles. The van der Waals surface area contributed by atoms with E-state index in [1.54, 1.807) is 31.4 Å². The molecule has 6 nitrogen and oxygen atoms in total. The van der Waals surface area contributed by atoms with Crippen molar-refractivity contribution in [2.24, 2.45) is 0 Å². The summed E-state index contributed by atoms with van der Waals surface area (Å²) in [4.78, 5) is 26.8. The van der Waals surface area contributed by atoms with Gasteiger partial charge in [0.1, 0.15) is 11.5 Å². The molecule has 1 fully saturated rings. The van der Waals surface area contributed by atoms with E-state index in [0.29, 0.717) is 18.7 Å². The highest BCUT2D eigenvalue weighted by molar-refractivity contribution is 5.94. The van der Waals surface area contributed by atoms with Crippen molar-refractivity contribution in [1.29, 1.82) is 0 Å².